The van der Waals surface area contributed by atoms with E-state index in [-0.39, 0.29) is 24.4 Å². The predicted octanol–water partition coefficient (Wildman–Crippen LogP) is 0.148. The molecule has 0 aromatic carbocycles. The lowest BCUT2D eigenvalue weighted by Crippen LogP contribution is -2.68. The zero-order valence-electron chi connectivity index (χ0n) is 10.4. The van der Waals surface area contributed by atoms with Crippen molar-refractivity contribution in [1.29, 1.82) is 0 Å². The smallest absolute Gasteiger partial charge is 0.246 e. The summed E-state index contributed by atoms with van der Waals surface area (Å²) in [6.07, 6.45) is 0.596. The average Bonchev–Trinajstić information content (AvgIpc) is 2.24. The minimum Gasteiger partial charge on any atom is -0.383 e. The van der Waals surface area contributed by atoms with Gasteiger partial charge in [-0.15, -0.1) is 0 Å². The Morgan fingerprint density at radius 2 is 2.19 bits per heavy atom. The second-order valence-electron chi connectivity index (χ2n) is 4.38. The number of hydrogen-bond donors (Lipinski definition) is 1. The van der Waals surface area contributed by atoms with Gasteiger partial charge in [0, 0.05) is 7.11 Å². The van der Waals surface area contributed by atoms with Crippen molar-refractivity contribution in [3.05, 3.63) is 0 Å². The van der Waals surface area contributed by atoms with Gasteiger partial charge in [0.15, 0.2) is 0 Å². The number of ether oxygens (including phenoxy) is 1. The van der Waals surface area contributed by atoms with E-state index < -0.39 is 5.54 Å². The molecule has 2 atom stereocenters. The lowest BCUT2D eigenvalue weighted by atomic mass is 9.91. The fourth-order valence-corrected chi connectivity index (χ4v) is 2.19. The first-order valence-electron chi connectivity index (χ1n) is 5.56. The molecule has 2 unspecified atom stereocenters. The maximum Gasteiger partial charge on any atom is 0.246 e. The van der Waals surface area contributed by atoms with E-state index in [1.165, 1.54) is 0 Å². The molecule has 92 valence electrons. The fourth-order valence-electron chi connectivity index (χ4n) is 2.19. The van der Waals surface area contributed by atoms with E-state index in [0.717, 1.165) is 0 Å². The van der Waals surface area contributed by atoms with Gasteiger partial charge < -0.3 is 15.0 Å². The maximum absolute atomic E-state index is 11.9. The van der Waals surface area contributed by atoms with Crippen molar-refractivity contribution in [1.82, 2.24) is 10.2 Å². The summed E-state index contributed by atoms with van der Waals surface area (Å²) in [7, 11) is 1.59. The summed E-state index contributed by atoms with van der Waals surface area (Å²) in [4.78, 5) is 25.4. The van der Waals surface area contributed by atoms with Gasteiger partial charge in [-0.3, -0.25) is 9.59 Å². The average molecular weight is 228 g/mol. The van der Waals surface area contributed by atoms with Crippen molar-refractivity contribution in [2.75, 3.05) is 20.3 Å². The van der Waals surface area contributed by atoms with Crippen LogP contribution >= 0.6 is 0 Å². The predicted molar refractivity (Wildman–Crippen MR) is 59.9 cm³/mol. The Morgan fingerprint density at radius 3 is 2.69 bits per heavy atom. The standard InChI is InChI=1S/C11H20N2O3/c1-5-11(3)10(15)12-6-9(14)13(11)8(2)7-16-4/h8H,5-7H2,1-4H3,(H,12,15). The van der Waals surface area contributed by atoms with Crippen LogP contribution in [-0.4, -0.2) is 48.6 Å². The van der Waals surface area contributed by atoms with Crippen LogP contribution in [0.2, 0.25) is 0 Å². The van der Waals surface area contributed by atoms with Crippen LogP contribution in [-0.2, 0) is 14.3 Å². The molecule has 16 heavy (non-hydrogen) atoms. The van der Waals surface area contributed by atoms with Crippen LogP contribution in [0.4, 0.5) is 0 Å². The van der Waals surface area contributed by atoms with Crippen molar-refractivity contribution in [2.45, 2.75) is 38.8 Å². The Balaban J connectivity index is 2.98. The third kappa shape index (κ3) is 2.04. The van der Waals surface area contributed by atoms with E-state index in [9.17, 15) is 9.59 Å². The molecule has 0 spiro atoms. The minimum atomic E-state index is -0.757. The van der Waals surface area contributed by atoms with Crippen LogP contribution < -0.4 is 5.32 Å². The van der Waals surface area contributed by atoms with Crippen LogP contribution in [0.25, 0.3) is 0 Å². The van der Waals surface area contributed by atoms with Crippen molar-refractivity contribution >= 4 is 11.8 Å². The molecule has 1 rings (SSSR count). The van der Waals surface area contributed by atoms with Gasteiger partial charge in [-0.05, 0) is 20.3 Å². The highest BCUT2D eigenvalue weighted by molar-refractivity contribution is 5.97. The first-order chi connectivity index (χ1) is 7.47. The summed E-state index contributed by atoms with van der Waals surface area (Å²) >= 11 is 0. The number of hydrogen-bond acceptors (Lipinski definition) is 3. The highest BCUT2D eigenvalue weighted by Gasteiger charge is 2.46. The summed E-state index contributed by atoms with van der Waals surface area (Å²) in [6, 6.07) is -0.0894. The summed E-state index contributed by atoms with van der Waals surface area (Å²) in [6.45, 7) is 6.13. The van der Waals surface area contributed by atoms with Crippen LogP contribution in [0.5, 0.6) is 0 Å². The molecule has 1 heterocycles. The number of piperazine rings is 1. The van der Waals surface area contributed by atoms with Gasteiger partial charge in [-0.25, -0.2) is 0 Å². The van der Waals surface area contributed by atoms with Gasteiger partial charge in [0.05, 0.1) is 19.2 Å². The summed E-state index contributed by atoms with van der Waals surface area (Å²) in [5.41, 5.74) is -0.757. The highest BCUT2D eigenvalue weighted by atomic mass is 16.5. The van der Waals surface area contributed by atoms with Crippen LogP contribution in [0.15, 0.2) is 0 Å². The Labute approximate surface area is 96.1 Å². The number of nitrogens with one attached hydrogen (secondary N) is 1. The number of rotatable bonds is 4. The molecule has 0 saturated carbocycles. The van der Waals surface area contributed by atoms with E-state index in [1.807, 2.05) is 13.8 Å². The molecular weight excluding hydrogens is 208 g/mol. The number of amides is 2. The minimum absolute atomic E-state index is 0.0477. The topological polar surface area (TPSA) is 58.6 Å². The Hall–Kier alpha value is -1.10. The number of nitrogens with zero attached hydrogens (tertiary/aromatic N) is 1. The van der Waals surface area contributed by atoms with Crippen molar-refractivity contribution in [3.63, 3.8) is 0 Å². The van der Waals surface area contributed by atoms with Crippen LogP contribution in [0.3, 0.4) is 0 Å². The maximum atomic E-state index is 11.9. The highest BCUT2D eigenvalue weighted by Crippen LogP contribution is 2.25. The van der Waals surface area contributed by atoms with Gasteiger partial charge in [0.2, 0.25) is 11.8 Å². The third-order valence-corrected chi connectivity index (χ3v) is 3.23. The van der Waals surface area contributed by atoms with E-state index >= 15 is 0 Å². The molecule has 1 saturated heterocycles. The molecular formula is C11H20N2O3. The van der Waals surface area contributed by atoms with E-state index in [4.69, 9.17) is 4.74 Å². The molecule has 2 amide bonds. The fraction of sp³-hybridized carbons (Fsp3) is 0.818. The normalized spacial score (nSPS) is 27.9. The molecule has 1 aliphatic rings. The van der Waals surface area contributed by atoms with E-state index in [1.54, 1.807) is 18.9 Å². The first-order valence-corrected chi connectivity index (χ1v) is 5.56. The molecule has 0 aromatic rings. The van der Waals surface area contributed by atoms with Crippen LogP contribution in [0, 0.1) is 0 Å². The van der Waals surface area contributed by atoms with Gasteiger partial charge >= 0.3 is 0 Å². The molecule has 0 radical (unpaired) electrons. The van der Waals surface area contributed by atoms with Crippen LogP contribution in [0.1, 0.15) is 27.2 Å². The molecule has 0 aliphatic carbocycles. The lowest BCUT2D eigenvalue weighted by Gasteiger charge is -2.46. The SMILES string of the molecule is CCC1(C)C(=O)NCC(=O)N1C(C)COC. The van der Waals surface area contributed by atoms with Crippen molar-refractivity contribution < 1.29 is 14.3 Å². The van der Waals surface area contributed by atoms with Crippen molar-refractivity contribution in [3.8, 4) is 0 Å². The van der Waals surface area contributed by atoms with Gasteiger partial charge in [-0.2, -0.15) is 0 Å². The zero-order chi connectivity index (χ0) is 12.3. The number of methoxy groups -OCH3 is 1. The van der Waals surface area contributed by atoms with Gasteiger partial charge in [-0.1, -0.05) is 6.92 Å². The Morgan fingerprint density at radius 1 is 1.56 bits per heavy atom. The number of carbonyl (C=O) groups excluding carboxylic acids is 2. The summed E-state index contributed by atoms with van der Waals surface area (Å²) < 4.78 is 5.05. The van der Waals surface area contributed by atoms with Gasteiger partial charge in [0.25, 0.3) is 0 Å². The summed E-state index contributed by atoms with van der Waals surface area (Å²) in [5, 5.41) is 2.63. The first kappa shape index (κ1) is 13.0. The molecule has 1 fully saturated rings. The second kappa shape index (κ2) is 4.82. The largest absolute Gasteiger partial charge is 0.383 e. The van der Waals surface area contributed by atoms with E-state index in [0.29, 0.717) is 13.0 Å². The van der Waals surface area contributed by atoms with Gasteiger partial charge in [0.1, 0.15) is 5.54 Å². The quantitative estimate of drug-likeness (QED) is 0.745. The monoisotopic (exact) mass is 228 g/mol. The Kier molecular flexibility index (Phi) is 3.91. The molecule has 1 aliphatic heterocycles. The molecule has 0 aromatic heterocycles. The number of carbonyl (C=O) groups is 2. The second-order valence-corrected chi connectivity index (χ2v) is 4.38. The summed E-state index contributed by atoms with van der Waals surface area (Å²) in [5.74, 6) is -0.133. The molecule has 1 N–H and O–H groups in total. The third-order valence-electron chi connectivity index (χ3n) is 3.23. The lowest BCUT2D eigenvalue weighted by molar-refractivity contribution is -0.157. The molecule has 5 heteroatoms. The Bertz CT molecular complexity index is 293. The molecule has 5 nitrogen and oxygen atoms in total. The zero-order valence-corrected chi connectivity index (χ0v) is 10.4. The van der Waals surface area contributed by atoms with Crippen molar-refractivity contribution in [2.24, 2.45) is 0 Å². The van der Waals surface area contributed by atoms with E-state index in [2.05, 4.69) is 5.32 Å². The molecule has 0 bridgehead atoms.